The zero-order valence-electron chi connectivity index (χ0n) is 19.9. The molecular formula is C31H24O5S. The second-order valence-corrected chi connectivity index (χ2v) is 9.29. The summed E-state index contributed by atoms with van der Waals surface area (Å²) >= 11 is 1.70. The van der Waals surface area contributed by atoms with E-state index in [9.17, 15) is 4.79 Å². The van der Waals surface area contributed by atoms with Crippen LogP contribution in [0.25, 0.3) is 28.2 Å². The average molecular weight is 509 g/mol. The maximum absolute atomic E-state index is 10.7. The Morgan fingerprint density at radius 1 is 0.757 bits per heavy atom. The largest absolute Gasteiger partial charge is 0.482 e. The van der Waals surface area contributed by atoms with Gasteiger partial charge in [0.25, 0.3) is 0 Å². The van der Waals surface area contributed by atoms with Crippen molar-refractivity contribution in [3.05, 3.63) is 127 Å². The molecule has 0 spiro atoms. The molecular weight excluding hydrogens is 484 g/mol. The second kappa shape index (κ2) is 11.5. The Balaban J connectivity index is 1.36. The minimum atomic E-state index is -0.995. The summed E-state index contributed by atoms with van der Waals surface area (Å²) in [5.74, 6) is 1.98. The highest BCUT2D eigenvalue weighted by atomic mass is 32.2. The summed E-state index contributed by atoms with van der Waals surface area (Å²) in [4.78, 5) is 11.8. The smallest absolute Gasteiger partial charge is 0.341 e. The van der Waals surface area contributed by atoms with Gasteiger partial charge in [-0.2, -0.15) is 0 Å². The van der Waals surface area contributed by atoms with Crippen LogP contribution in [0, 0.1) is 0 Å². The molecule has 0 bridgehead atoms. The first-order valence-electron chi connectivity index (χ1n) is 11.7. The third kappa shape index (κ3) is 6.23. The molecule has 0 atom stereocenters. The summed E-state index contributed by atoms with van der Waals surface area (Å²) in [6.45, 7) is -0.351. The Morgan fingerprint density at radius 3 is 1.76 bits per heavy atom. The molecule has 6 heteroatoms. The van der Waals surface area contributed by atoms with Crippen molar-refractivity contribution in [1.29, 1.82) is 0 Å². The van der Waals surface area contributed by atoms with Gasteiger partial charge < -0.3 is 18.7 Å². The summed E-state index contributed by atoms with van der Waals surface area (Å²) in [6, 6.07) is 31.9. The van der Waals surface area contributed by atoms with Gasteiger partial charge in [-0.05, 0) is 65.2 Å². The van der Waals surface area contributed by atoms with Crippen LogP contribution in [0.4, 0.5) is 0 Å². The number of furan rings is 2. The van der Waals surface area contributed by atoms with E-state index in [2.05, 4.69) is 54.6 Å². The van der Waals surface area contributed by atoms with E-state index >= 15 is 0 Å². The lowest BCUT2D eigenvalue weighted by Gasteiger charge is -2.11. The van der Waals surface area contributed by atoms with Crippen molar-refractivity contribution in [2.45, 2.75) is 4.90 Å². The highest BCUT2D eigenvalue weighted by Gasteiger charge is 2.09. The van der Waals surface area contributed by atoms with Crippen LogP contribution in [0.2, 0.25) is 0 Å². The van der Waals surface area contributed by atoms with Crippen molar-refractivity contribution in [1.82, 2.24) is 0 Å². The van der Waals surface area contributed by atoms with E-state index in [-0.39, 0.29) is 6.61 Å². The first kappa shape index (κ1) is 24.3. The van der Waals surface area contributed by atoms with Gasteiger partial charge in [-0.25, -0.2) is 4.79 Å². The quantitative estimate of drug-likeness (QED) is 0.193. The number of rotatable bonds is 10. The Hall–Kier alpha value is -4.42. The van der Waals surface area contributed by atoms with E-state index in [4.69, 9.17) is 18.7 Å². The van der Waals surface area contributed by atoms with Crippen molar-refractivity contribution in [2.75, 3.05) is 12.4 Å². The van der Waals surface area contributed by atoms with Gasteiger partial charge in [0.05, 0.1) is 12.5 Å². The molecule has 0 aliphatic carbocycles. The number of carboxylic acids is 1. The lowest BCUT2D eigenvalue weighted by atomic mass is 9.95. The van der Waals surface area contributed by atoms with Crippen LogP contribution < -0.4 is 4.74 Å². The molecule has 3 aromatic carbocycles. The van der Waals surface area contributed by atoms with Gasteiger partial charge >= 0.3 is 5.97 Å². The molecule has 5 aromatic rings. The predicted octanol–water partition coefficient (Wildman–Crippen LogP) is 7.89. The normalized spacial score (nSPS) is 10.7. The lowest BCUT2D eigenvalue weighted by molar-refractivity contribution is -0.139. The highest BCUT2D eigenvalue weighted by molar-refractivity contribution is 7.99. The summed E-state index contributed by atoms with van der Waals surface area (Å²) < 4.78 is 16.3. The molecule has 0 fully saturated rings. The third-order valence-corrected chi connectivity index (χ3v) is 6.67. The van der Waals surface area contributed by atoms with E-state index in [1.165, 1.54) is 0 Å². The maximum Gasteiger partial charge on any atom is 0.341 e. The number of benzene rings is 3. The summed E-state index contributed by atoms with van der Waals surface area (Å²) in [5, 5.41) is 8.77. The zero-order valence-corrected chi connectivity index (χ0v) is 20.7. The van der Waals surface area contributed by atoms with Crippen molar-refractivity contribution in [2.24, 2.45) is 0 Å². The van der Waals surface area contributed by atoms with Crippen LogP contribution in [-0.2, 0) is 4.79 Å². The molecule has 0 aliphatic rings. The summed E-state index contributed by atoms with van der Waals surface area (Å²) in [6.07, 6.45) is 5.58. The molecule has 184 valence electrons. The van der Waals surface area contributed by atoms with Crippen LogP contribution in [0.5, 0.6) is 5.75 Å². The lowest BCUT2D eigenvalue weighted by Crippen LogP contribution is -2.09. The number of ether oxygens (including phenoxy) is 1. The first-order valence-corrected chi connectivity index (χ1v) is 12.7. The molecule has 0 saturated carbocycles. The Bertz CT molecular complexity index is 1370. The van der Waals surface area contributed by atoms with Crippen molar-refractivity contribution in [3.63, 3.8) is 0 Å². The van der Waals surface area contributed by atoms with Crippen LogP contribution >= 0.6 is 11.8 Å². The number of carboxylic acid groups (broad SMARTS) is 1. The number of thioether (sulfide) groups is 1. The maximum atomic E-state index is 10.7. The van der Waals surface area contributed by atoms with E-state index < -0.39 is 5.97 Å². The summed E-state index contributed by atoms with van der Waals surface area (Å²) in [5.41, 5.74) is 5.41. The van der Waals surface area contributed by atoms with E-state index in [0.717, 1.165) is 50.0 Å². The second-order valence-electron chi connectivity index (χ2n) is 8.19. The van der Waals surface area contributed by atoms with Crippen molar-refractivity contribution < 1.29 is 23.5 Å². The minimum Gasteiger partial charge on any atom is -0.482 e. The van der Waals surface area contributed by atoms with E-state index in [0.29, 0.717) is 5.75 Å². The van der Waals surface area contributed by atoms with Crippen LogP contribution in [0.15, 0.2) is 129 Å². The number of carbonyl (C=O) groups is 1. The van der Waals surface area contributed by atoms with Crippen molar-refractivity contribution >= 4 is 23.3 Å². The fourth-order valence-corrected chi connectivity index (χ4v) is 4.69. The zero-order chi connectivity index (χ0) is 25.5. The minimum absolute atomic E-state index is 0.351. The fourth-order valence-electron chi connectivity index (χ4n) is 3.91. The molecule has 0 aliphatic heterocycles. The number of hydrogen-bond donors (Lipinski definition) is 1. The fraction of sp³-hybridized carbons (Fsp3) is 0.0645. The van der Waals surface area contributed by atoms with Gasteiger partial charge in [-0.15, -0.1) is 11.8 Å². The molecule has 0 saturated heterocycles. The molecule has 0 unspecified atom stereocenters. The molecule has 2 aromatic heterocycles. The van der Waals surface area contributed by atoms with Crippen LogP contribution in [0.1, 0.15) is 11.1 Å². The Morgan fingerprint density at radius 2 is 1.30 bits per heavy atom. The average Bonchev–Trinajstić information content (AvgIpc) is 3.66. The Kier molecular flexibility index (Phi) is 7.58. The Labute approximate surface area is 219 Å². The van der Waals surface area contributed by atoms with Gasteiger partial charge in [0.15, 0.2) is 6.61 Å². The SMILES string of the molecule is O=C(O)COc1ccc(SCC=C(c2ccc(-c3ccco3)cc2)c2ccc(-c3ccco3)cc2)cc1. The van der Waals surface area contributed by atoms with Gasteiger partial charge in [0.1, 0.15) is 17.3 Å². The van der Waals surface area contributed by atoms with Crippen LogP contribution in [0.3, 0.4) is 0 Å². The molecule has 5 nitrogen and oxygen atoms in total. The summed E-state index contributed by atoms with van der Waals surface area (Å²) in [7, 11) is 0. The molecule has 1 N–H and O–H groups in total. The van der Waals surface area contributed by atoms with E-state index in [1.54, 1.807) is 36.4 Å². The molecule has 37 heavy (non-hydrogen) atoms. The third-order valence-electron chi connectivity index (χ3n) is 5.73. The molecule has 0 radical (unpaired) electrons. The molecule has 2 heterocycles. The van der Waals surface area contributed by atoms with Gasteiger partial charge in [0.2, 0.25) is 0 Å². The monoisotopic (exact) mass is 508 g/mol. The van der Waals surface area contributed by atoms with Gasteiger partial charge in [0, 0.05) is 21.8 Å². The molecule has 0 amide bonds. The number of aliphatic carboxylic acids is 1. The first-order chi connectivity index (χ1) is 18.2. The highest BCUT2D eigenvalue weighted by Crippen LogP contribution is 2.30. The van der Waals surface area contributed by atoms with Gasteiger partial charge in [-0.1, -0.05) is 54.6 Å². The molecule has 5 rings (SSSR count). The standard InChI is InChI=1S/C31H24O5S/c32-31(33)21-36-26-13-15-27(16-14-26)37-20-17-28(22-5-9-24(10-6-22)29-3-1-18-34-29)23-7-11-25(12-8-23)30-4-2-19-35-30/h1-19H,20-21H2,(H,32,33). The van der Waals surface area contributed by atoms with Crippen molar-refractivity contribution in [3.8, 4) is 28.4 Å². The van der Waals surface area contributed by atoms with E-state index in [1.807, 2.05) is 36.4 Å². The van der Waals surface area contributed by atoms with Gasteiger partial charge in [-0.3, -0.25) is 0 Å². The number of hydrogen-bond acceptors (Lipinski definition) is 5. The predicted molar refractivity (Wildman–Crippen MR) is 146 cm³/mol. The van der Waals surface area contributed by atoms with Crippen LogP contribution in [-0.4, -0.2) is 23.4 Å². The topological polar surface area (TPSA) is 72.8 Å².